The lowest BCUT2D eigenvalue weighted by Crippen LogP contribution is -2.38. The molecule has 5 rings (SSSR count). The molecule has 1 unspecified atom stereocenters. The van der Waals surface area contributed by atoms with Crippen LogP contribution in [0.4, 0.5) is 0 Å². The molecule has 0 saturated heterocycles. The molecule has 3 aliphatic rings. The highest BCUT2D eigenvalue weighted by atomic mass is 35.6. The Balaban J connectivity index is 1.71. The van der Waals surface area contributed by atoms with Gasteiger partial charge in [-0.15, -0.1) is 0 Å². The summed E-state index contributed by atoms with van der Waals surface area (Å²) in [5.41, 5.74) is 4.79. The number of nitrogens with zero attached hydrogens (tertiary/aromatic N) is 1. The molecule has 0 N–H and O–H groups in total. The van der Waals surface area contributed by atoms with Gasteiger partial charge in [-0.05, 0) is 41.8 Å². The van der Waals surface area contributed by atoms with Gasteiger partial charge >= 0.3 is 0 Å². The summed E-state index contributed by atoms with van der Waals surface area (Å²) in [6.45, 7) is 0.878. The van der Waals surface area contributed by atoms with Crippen LogP contribution >= 0.6 is 34.8 Å². The Morgan fingerprint density at radius 1 is 1.07 bits per heavy atom. The first-order chi connectivity index (χ1) is 14.4. The minimum absolute atomic E-state index is 0.222. The van der Waals surface area contributed by atoms with Crippen molar-refractivity contribution in [3.8, 4) is 23.0 Å². The lowest BCUT2D eigenvalue weighted by atomic mass is 9.89. The quantitative estimate of drug-likeness (QED) is 0.579. The molecule has 0 amide bonds. The maximum absolute atomic E-state index is 6.06. The van der Waals surface area contributed by atoms with E-state index in [4.69, 9.17) is 58.5 Å². The van der Waals surface area contributed by atoms with Gasteiger partial charge < -0.3 is 28.6 Å². The summed E-state index contributed by atoms with van der Waals surface area (Å²) in [6.07, 6.45) is 2.16. The van der Waals surface area contributed by atoms with Crippen LogP contribution in [0.3, 0.4) is 0 Å². The zero-order chi connectivity index (χ0) is 21.0. The molecular formula is C21H18Cl3NO5. The second-order valence-corrected chi connectivity index (χ2v) is 9.23. The highest BCUT2D eigenvalue weighted by Crippen LogP contribution is 2.52. The summed E-state index contributed by atoms with van der Waals surface area (Å²) in [5, 5.41) is 0. The van der Waals surface area contributed by atoms with Crippen molar-refractivity contribution >= 4 is 46.6 Å². The van der Waals surface area contributed by atoms with Crippen molar-refractivity contribution < 1.29 is 23.7 Å². The maximum atomic E-state index is 6.06. The average molecular weight is 471 g/mol. The van der Waals surface area contributed by atoms with Crippen molar-refractivity contribution in [1.29, 1.82) is 0 Å². The number of hydrogen-bond donors (Lipinski definition) is 0. The van der Waals surface area contributed by atoms with Crippen LogP contribution in [-0.2, 0) is 11.2 Å². The van der Waals surface area contributed by atoms with Gasteiger partial charge in [0.25, 0.3) is 3.98 Å². The monoisotopic (exact) mass is 469 g/mol. The van der Waals surface area contributed by atoms with Gasteiger partial charge in [0.2, 0.25) is 6.79 Å². The summed E-state index contributed by atoms with van der Waals surface area (Å²) in [6, 6.07) is 7.82. The Labute approximate surface area is 188 Å². The normalized spacial score (nSPS) is 18.9. The molecule has 0 aromatic heterocycles. The van der Waals surface area contributed by atoms with Crippen LogP contribution in [0, 0.1) is 0 Å². The van der Waals surface area contributed by atoms with Crippen LogP contribution in [0.5, 0.6) is 23.0 Å². The molecule has 0 aliphatic carbocycles. The van der Waals surface area contributed by atoms with E-state index >= 15 is 0 Å². The minimum Gasteiger partial charge on any atom is -0.493 e. The summed E-state index contributed by atoms with van der Waals surface area (Å²) in [4.78, 5) is 2.07. The maximum Gasteiger partial charge on any atom is 0.299 e. The molecule has 3 heterocycles. The molecule has 9 heteroatoms. The highest BCUT2D eigenvalue weighted by Gasteiger charge is 2.41. The highest BCUT2D eigenvalue weighted by molar-refractivity contribution is 6.66. The molecule has 1 atom stereocenters. The van der Waals surface area contributed by atoms with E-state index in [9.17, 15) is 0 Å². The first-order valence-corrected chi connectivity index (χ1v) is 10.4. The number of alkyl halides is 3. The minimum atomic E-state index is -1.92. The lowest BCUT2D eigenvalue weighted by Gasteiger charge is -2.43. The van der Waals surface area contributed by atoms with E-state index in [1.165, 1.54) is 5.56 Å². The third-order valence-corrected chi connectivity index (χ3v) is 5.76. The molecule has 2 aromatic carbocycles. The first-order valence-electron chi connectivity index (χ1n) is 9.30. The number of fused-ring (bicyclic) bond motifs is 5. The summed E-state index contributed by atoms with van der Waals surface area (Å²) in [7, 11) is 3.16. The number of benzene rings is 2. The number of ether oxygens (including phenoxy) is 5. The Kier molecular flexibility index (Phi) is 4.86. The fraction of sp³-hybridized carbons (Fsp3) is 0.333. The molecule has 3 aliphatic heterocycles. The van der Waals surface area contributed by atoms with Gasteiger partial charge in [-0.25, -0.2) is 0 Å². The fourth-order valence-corrected chi connectivity index (χ4v) is 4.50. The third kappa shape index (κ3) is 3.23. The predicted molar refractivity (Wildman–Crippen MR) is 115 cm³/mol. The largest absolute Gasteiger partial charge is 0.493 e. The topological polar surface area (TPSA) is 49.4 Å². The molecule has 0 radical (unpaired) electrons. The molecule has 158 valence electrons. The van der Waals surface area contributed by atoms with Gasteiger partial charge in [0, 0.05) is 17.8 Å². The van der Waals surface area contributed by atoms with Gasteiger partial charge in [-0.3, -0.25) is 0 Å². The zero-order valence-electron chi connectivity index (χ0n) is 16.2. The number of rotatable bonds is 3. The van der Waals surface area contributed by atoms with E-state index in [0.29, 0.717) is 23.8 Å². The van der Waals surface area contributed by atoms with E-state index in [1.54, 1.807) is 14.2 Å². The second-order valence-electron chi connectivity index (χ2n) is 7.06. The van der Waals surface area contributed by atoms with Gasteiger partial charge in [0.15, 0.2) is 29.2 Å². The first kappa shape index (κ1) is 19.9. The Bertz CT molecular complexity index is 1050. The van der Waals surface area contributed by atoms with Crippen molar-refractivity contribution in [2.75, 3.05) is 27.6 Å². The van der Waals surface area contributed by atoms with Crippen LogP contribution in [0.1, 0.15) is 28.5 Å². The second kappa shape index (κ2) is 7.31. The standard InChI is InChI=1S/C21H18Cl3NO5/c1-26-15-4-3-12-7-14-13-9-17-16(28-10-29-17)8-11(13)5-6-25(14)20(30-21(22,23)24)18(12)19(15)27-2/h3-4,7-9,20H,5-6,10H2,1-2H3. The van der Waals surface area contributed by atoms with E-state index in [1.807, 2.05) is 24.3 Å². The average Bonchev–Trinajstić information content (AvgIpc) is 3.17. The third-order valence-electron chi connectivity index (χ3n) is 5.49. The molecule has 30 heavy (non-hydrogen) atoms. The molecule has 0 saturated carbocycles. The predicted octanol–water partition coefficient (Wildman–Crippen LogP) is 5.15. The smallest absolute Gasteiger partial charge is 0.299 e. The molecule has 6 nitrogen and oxygen atoms in total. The number of halogens is 3. The number of hydrogen-bond acceptors (Lipinski definition) is 6. The van der Waals surface area contributed by atoms with Crippen molar-refractivity contribution in [3.05, 3.63) is 46.5 Å². The van der Waals surface area contributed by atoms with Crippen LogP contribution in [0.15, 0.2) is 24.3 Å². The van der Waals surface area contributed by atoms with E-state index in [2.05, 4.69) is 11.0 Å². The molecule has 2 aromatic rings. The number of methoxy groups -OCH3 is 2. The van der Waals surface area contributed by atoms with Crippen molar-refractivity contribution in [1.82, 2.24) is 4.90 Å². The Morgan fingerprint density at radius 3 is 2.53 bits per heavy atom. The molecule has 0 spiro atoms. The van der Waals surface area contributed by atoms with Gasteiger partial charge in [0.1, 0.15) is 0 Å². The lowest BCUT2D eigenvalue weighted by molar-refractivity contribution is -0.0426. The fourth-order valence-electron chi connectivity index (χ4n) is 4.25. The van der Waals surface area contributed by atoms with Crippen LogP contribution in [-0.4, -0.2) is 36.4 Å². The zero-order valence-corrected chi connectivity index (χ0v) is 18.5. The summed E-state index contributed by atoms with van der Waals surface area (Å²) in [5.74, 6) is 2.60. The Hall–Kier alpha value is -1.99. The van der Waals surface area contributed by atoms with Gasteiger partial charge in [0.05, 0.1) is 19.8 Å². The molecule has 0 bridgehead atoms. The Morgan fingerprint density at radius 2 is 1.83 bits per heavy atom. The van der Waals surface area contributed by atoms with Gasteiger partial charge in [-0.2, -0.15) is 0 Å². The molecule has 0 fully saturated rings. The van der Waals surface area contributed by atoms with Crippen LogP contribution < -0.4 is 18.9 Å². The summed E-state index contributed by atoms with van der Waals surface area (Å²) >= 11 is 18.2. The SMILES string of the molecule is COc1ccc2c(c1OC)C(OC(Cl)(Cl)Cl)N1CCc3cc4c(cc3C1=C2)OCO4. The van der Waals surface area contributed by atoms with Gasteiger partial charge in [-0.1, -0.05) is 40.9 Å². The van der Waals surface area contributed by atoms with E-state index in [0.717, 1.165) is 34.6 Å². The molecular weight excluding hydrogens is 453 g/mol. The van der Waals surface area contributed by atoms with Crippen molar-refractivity contribution in [3.63, 3.8) is 0 Å². The van der Waals surface area contributed by atoms with Crippen molar-refractivity contribution in [2.24, 2.45) is 0 Å². The van der Waals surface area contributed by atoms with E-state index < -0.39 is 10.2 Å². The van der Waals surface area contributed by atoms with Crippen LogP contribution in [0.25, 0.3) is 11.8 Å². The van der Waals surface area contributed by atoms with Crippen LogP contribution in [0.2, 0.25) is 0 Å². The van der Waals surface area contributed by atoms with Crippen molar-refractivity contribution in [2.45, 2.75) is 16.6 Å². The summed E-state index contributed by atoms with van der Waals surface area (Å²) < 4.78 is 26.3. The van der Waals surface area contributed by atoms with E-state index in [-0.39, 0.29) is 6.79 Å².